The van der Waals surface area contributed by atoms with Gasteiger partial charge in [0.15, 0.2) is 5.78 Å². The van der Waals surface area contributed by atoms with Crippen molar-refractivity contribution in [2.75, 3.05) is 6.54 Å². The van der Waals surface area contributed by atoms with Crippen molar-refractivity contribution < 1.29 is 19.5 Å². The quantitative estimate of drug-likeness (QED) is 0.323. The van der Waals surface area contributed by atoms with Crippen molar-refractivity contribution in [2.45, 2.75) is 65.2 Å². The number of hydrogen-bond donors (Lipinski definition) is 1. The van der Waals surface area contributed by atoms with Gasteiger partial charge < -0.3 is 5.11 Å². The summed E-state index contributed by atoms with van der Waals surface area (Å²) in [5.41, 5.74) is -0.198. The molecule has 0 aliphatic carbocycles. The van der Waals surface area contributed by atoms with E-state index in [4.69, 9.17) is 0 Å². The molecule has 118 valence electrons. The second kappa shape index (κ2) is 8.60. The van der Waals surface area contributed by atoms with E-state index in [-0.39, 0.29) is 17.9 Å². The number of aliphatic hydroxyl groups is 1. The summed E-state index contributed by atoms with van der Waals surface area (Å²) in [6.45, 7) is 3.16. The number of rotatable bonds is 8. The zero-order valence-electron chi connectivity index (χ0n) is 13.0. The number of allylic oxidation sites excluding steroid dienone is 1. The molecular weight excluding hydrogens is 270 g/mol. The minimum Gasteiger partial charge on any atom is -0.511 e. The minimum absolute atomic E-state index is 0.165. The van der Waals surface area contributed by atoms with Gasteiger partial charge in [0.2, 0.25) is 5.91 Å². The molecule has 1 N–H and O–H groups in total. The van der Waals surface area contributed by atoms with Gasteiger partial charge in [-0.1, -0.05) is 45.4 Å². The van der Waals surface area contributed by atoms with Crippen LogP contribution in [0.2, 0.25) is 0 Å². The van der Waals surface area contributed by atoms with E-state index in [2.05, 4.69) is 6.92 Å². The summed E-state index contributed by atoms with van der Waals surface area (Å²) in [6, 6.07) is 0. The average molecular weight is 295 g/mol. The molecule has 1 rings (SSSR count). The van der Waals surface area contributed by atoms with E-state index in [0.29, 0.717) is 6.42 Å². The molecule has 0 aromatic rings. The molecule has 1 aliphatic rings. The van der Waals surface area contributed by atoms with E-state index in [0.717, 1.165) is 24.2 Å². The number of Topliss-reactive ketones (excluding diaryl/α,β-unsaturated/α-hetero) is 1. The zero-order valence-corrected chi connectivity index (χ0v) is 13.0. The number of amides is 2. The lowest BCUT2D eigenvalue weighted by atomic mass is 10.1. The summed E-state index contributed by atoms with van der Waals surface area (Å²) in [7, 11) is 0. The fraction of sp³-hybridized carbons (Fsp3) is 0.688. The van der Waals surface area contributed by atoms with E-state index < -0.39 is 17.6 Å². The third-order valence-electron chi connectivity index (χ3n) is 3.73. The molecule has 0 atom stereocenters. The van der Waals surface area contributed by atoms with Crippen LogP contribution < -0.4 is 0 Å². The van der Waals surface area contributed by atoms with Gasteiger partial charge in [0.25, 0.3) is 5.91 Å². The first-order chi connectivity index (χ1) is 9.99. The Balaban J connectivity index is 2.42. The maximum absolute atomic E-state index is 11.9. The van der Waals surface area contributed by atoms with Crippen LogP contribution in [-0.4, -0.2) is 34.1 Å². The SMILES string of the molecule is CCCCCCCCC/C(O)=C1/C(=O)CN(C(C)=O)C1=O. The molecule has 0 saturated carbocycles. The first kappa shape index (κ1) is 17.4. The summed E-state index contributed by atoms with van der Waals surface area (Å²) >= 11 is 0. The molecular formula is C16H25NO4. The van der Waals surface area contributed by atoms with Crippen LogP contribution in [0.3, 0.4) is 0 Å². The van der Waals surface area contributed by atoms with Gasteiger partial charge in [0, 0.05) is 13.3 Å². The number of imide groups is 1. The Bertz CT molecular complexity index is 440. The molecule has 0 spiro atoms. The summed E-state index contributed by atoms with van der Waals surface area (Å²) in [5, 5.41) is 9.93. The summed E-state index contributed by atoms with van der Waals surface area (Å²) in [5.74, 6) is -1.75. The summed E-state index contributed by atoms with van der Waals surface area (Å²) in [4.78, 5) is 35.7. The van der Waals surface area contributed by atoms with Gasteiger partial charge in [-0.3, -0.25) is 19.3 Å². The molecule has 1 heterocycles. The highest BCUT2D eigenvalue weighted by molar-refractivity contribution is 6.28. The molecule has 5 heteroatoms. The number of carbonyl (C=O) groups excluding carboxylic acids is 3. The predicted octanol–water partition coefficient (Wildman–Crippen LogP) is 2.90. The maximum atomic E-state index is 11.9. The molecule has 1 aliphatic heterocycles. The Kier molecular flexibility index (Phi) is 7.12. The van der Waals surface area contributed by atoms with Crippen LogP contribution in [-0.2, 0) is 14.4 Å². The molecule has 0 aromatic heterocycles. The van der Waals surface area contributed by atoms with Gasteiger partial charge in [0.05, 0.1) is 6.54 Å². The molecule has 0 aromatic carbocycles. The topological polar surface area (TPSA) is 74.7 Å². The maximum Gasteiger partial charge on any atom is 0.267 e. The Morgan fingerprint density at radius 2 is 1.67 bits per heavy atom. The largest absolute Gasteiger partial charge is 0.511 e. The molecule has 5 nitrogen and oxygen atoms in total. The molecule has 1 saturated heterocycles. The number of aliphatic hydroxyl groups excluding tert-OH is 1. The Morgan fingerprint density at radius 3 is 2.19 bits per heavy atom. The average Bonchev–Trinajstić information content (AvgIpc) is 2.73. The number of hydrogen-bond acceptors (Lipinski definition) is 4. The smallest absolute Gasteiger partial charge is 0.267 e. The van der Waals surface area contributed by atoms with Crippen LogP contribution in [0.15, 0.2) is 11.3 Å². The van der Waals surface area contributed by atoms with Crippen LogP contribution in [0.4, 0.5) is 0 Å². The fourth-order valence-corrected chi connectivity index (χ4v) is 2.46. The summed E-state index contributed by atoms with van der Waals surface area (Å²) < 4.78 is 0. The van der Waals surface area contributed by atoms with Crippen LogP contribution in [0.25, 0.3) is 0 Å². The van der Waals surface area contributed by atoms with Crippen molar-refractivity contribution in [3.63, 3.8) is 0 Å². The lowest BCUT2D eigenvalue weighted by Crippen LogP contribution is -2.30. The second-order valence-corrected chi connectivity index (χ2v) is 5.53. The van der Waals surface area contributed by atoms with Crippen LogP contribution in [0.1, 0.15) is 65.2 Å². The van der Waals surface area contributed by atoms with Crippen LogP contribution >= 0.6 is 0 Å². The molecule has 1 fully saturated rings. The summed E-state index contributed by atoms with van der Waals surface area (Å²) in [6.07, 6.45) is 8.02. The van der Waals surface area contributed by atoms with Crippen molar-refractivity contribution >= 4 is 17.6 Å². The lowest BCUT2D eigenvalue weighted by molar-refractivity contribution is -0.139. The first-order valence-electron chi connectivity index (χ1n) is 7.76. The van der Waals surface area contributed by atoms with Gasteiger partial charge in [-0.05, 0) is 6.42 Å². The predicted molar refractivity (Wildman–Crippen MR) is 79.7 cm³/mol. The van der Waals surface area contributed by atoms with Crippen molar-refractivity contribution in [3.8, 4) is 0 Å². The van der Waals surface area contributed by atoms with Gasteiger partial charge >= 0.3 is 0 Å². The number of ketones is 1. The normalized spacial score (nSPS) is 17.5. The second-order valence-electron chi connectivity index (χ2n) is 5.53. The highest BCUT2D eigenvalue weighted by Gasteiger charge is 2.38. The zero-order chi connectivity index (χ0) is 15.8. The van der Waals surface area contributed by atoms with Crippen LogP contribution in [0, 0.1) is 0 Å². The minimum atomic E-state index is -0.659. The molecule has 2 amide bonds. The van der Waals surface area contributed by atoms with Crippen molar-refractivity contribution in [2.24, 2.45) is 0 Å². The number of likely N-dealkylation sites (tertiary alicyclic amines) is 1. The Morgan fingerprint density at radius 1 is 1.10 bits per heavy atom. The van der Waals surface area contributed by atoms with Crippen molar-refractivity contribution in [3.05, 3.63) is 11.3 Å². The molecule has 21 heavy (non-hydrogen) atoms. The lowest BCUT2D eigenvalue weighted by Gasteiger charge is -2.08. The van der Waals surface area contributed by atoms with Gasteiger partial charge in [-0.15, -0.1) is 0 Å². The molecule has 0 bridgehead atoms. The van der Waals surface area contributed by atoms with Crippen molar-refractivity contribution in [1.29, 1.82) is 0 Å². The highest BCUT2D eigenvalue weighted by Crippen LogP contribution is 2.20. The standard InChI is InChI=1S/C16H25NO4/c1-3-4-5-6-7-8-9-10-13(19)15-14(20)11-17(12(2)18)16(15)21/h19H,3-11H2,1-2H3/b15-13+. The van der Waals surface area contributed by atoms with E-state index >= 15 is 0 Å². The van der Waals surface area contributed by atoms with Crippen LogP contribution in [0.5, 0.6) is 0 Å². The number of nitrogens with zero attached hydrogens (tertiary/aromatic N) is 1. The van der Waals surface area contributed by atoms with Crippen molar-refractivity contribution in [1.82, 2.24) is 4.90 Å². The van der Waals surface area contributed by atoms with E-state index in [1.165, 1.54) is 32.6 Å². The van der Waals surface area contributed by atoms with Gasteiger partial charge in [-0.25, -0.2) is 0 Å². The fourth-order valence-electron chi connectivity index (χ4n) is 2.46. The van der Waals surface area contributed by atoms with E-state index in [1.807, 2.05) is 0 Å². The monoisotopic (exact) mass is 295 g/mol. The Labute approximate surface area is 126 Å². The highest BCUT2D eigenvalue weighted by atomic mass is 16.3. The first-order valence-corrected chi connectivity index (χ1v) is 7.76. The third kappa shape index (κ3) is 4.99. The third-order valence-corrected chi connectivity index (χ3v) is 3.73. The van der Waals surface area contributed by atoms with Gasteiger partial charge in [0.1, 0.15) is 11.3 Å². The molecule has 0 radical (unpaired) electrons. The Hall–Kier alpha value is -1.65. The van der Waals surface area contributed by atoms with Gasteiger partial charge in [-0.2, -0.15) is 0 Å². The van der Waals surface area contributed by atoms with E-state index in [1.54, 1.807) is 0 Å². The molecule has 0 unspecified atom stereocenters. The number of carbonyl (C=O) groups is 3. The van der Waals surface area contributed by atoms with E-state index in [9.17, 15) is 19.5 Å². The number of unbranched alkanes of at least 4 members (excludes halogenated alkanes) is 6.